The number of carbonyl (C=O) groups excluding carboxylic acids is 1. The lowest BCUT2D eigenvalue weighted by atomic mass is 10.2. The Morgan fingerprint density at radius 1 is 1.69 bits per heavy atom. The molecule has 1 saturated heterocycles. The first-order valence-corrected chi connectivity index (χ1v) is 6.43. The first-order chi connectivity index (χ1) is 7.84. The lowest BCUT2D eigenvalue weighted by Gasteiger charge is -2.09. The van der Waals surface area contributed by atoms with Crippen molar-refractivity contribution in [3.63, 3.8) is 0 Å². The maximum absolute atomic E-state index is 11.4. The van der Waals surface area contributed by atoms with Gasteiger partial charge < -0.3 is 9.47 Å². The van der Waals surface area contributed by atoms with Gasteiger partial charge in [0.15, 0.2) is 0 Å². The van der Waals surface area contributed by atoms with Crippen LogP contribution in [0.5, 0.6) is 0 Å². The molecule has 0 aromatic carbocycles. The smallest absolute Gasteiger partial charge is 0.306 e. The highest BCUT2D eigenvalue weighted by Gasteiger charge is 2.17. The number of esters is 1. The Bertz CT molecular complexity index is 320. The first-order valence-electron chi connectivity index (χ1n) is 5.49. The van der Waals surface area contributed by atoms with Crippen molar-refractivity contribution >= 4 is 17.3 Å². The molecule has 5 heteroatoms. The van der Waals surface area contributed by atoms with Gasteiger partial charge in [0, 0.05) is 18.4 Å². The van der Waals surface area contributed by atoms with Crippen LogP contribution in [-0.2, 0) is 20.7 Å². The summed E-state index contributed by atoms with van der Waals surface area (Å²) in [5, 5.41) is 1.95. The number of nitrogens with zero attached hydrogens (tertiary/aromatic N) is 1. The highest BCUT2D eigenvalue weighted by atomic mass is 32.1. The Balaban J connectivity index is 1.60. The van der Waals surface area contributed by atoms with E-state index >= 15 is 0 Å². The predicted molar refractivity (Wildman–Crippen MR) is 60.4 cm³/mol. The fraction of sp³-hybridized carbons (Fsp3) is 0.636. The topological polar surface area (TPSA) is 48.4 Å². The normalized spacial score (nSPS) is 19.9. The van der Waals surface area contributed by atoms with Crippen molar-refractivity contribution in [1.29, 1.82) is 0 Å². The summed E-state index contributed by atoms with van der Waals surface area (Å²) in [6.45, 7) is 1.19. The molecule has 1 aromatic rings. The summed E-state index contributed by atoms with van der Waals surface area (Å²) < 4.78 is 10.5. The van der Waals surface area contributed by atoms with Crippen LogP contribution < -0.4 is 0 Å². The minimum Gasteiger partial charge on any atom is -0.463 e. The summed E-state index contributed by atoms with van der Waals surface area (Å²) in [7, 11) is 0. The summed E-state index contributed by atoms with van der Waals surface area (Å²) in [5.74, 6) is -0.163. The monoisotopic (exact) mass is 241 g/mol. The van der Waals surface area contributed by atoms with Crippen LogP contribution in [0.4, 0.5) is 0 Å². The fourth-order valence-corrected chi connectivity index (χ4v) is 2.22. The fourth-order valence-electron chi connectivity index (χ4n) is 1.62. The molecule has 4 nitrogen and oxygen atoms in total. The van der Waals surface area contributed by atoms with Crippen LogP contribution in [0.1, 0.15) is 25.0 Å². The zero-order valence-corrected chi connectivity index (χ0v) is 9.87. The number of thiazole rings is 1. The van der Waals surface area contributed by atoms with Gasteiger partial charge in [-0.1, -0.05) is 0 Å². The highest BCUT2D eigenvalue weighted by Crippen LogP contribution is 2.12. The zero-order chi connectivity index (χ0) is 11.2. The average Bonchev–Trinajstić information content (AvgIpc) is 2.96. The van der Waals surface area contributed by atoms with E-state index < -0.39 is 0 Å². The van der Waals surface area contributed by atoms with Crippen LogP contribution in [0.15, 0.2) is 10.9 Å². The average molecular weight is 241 g/mol. The van der Waals surface area contributed by atoms with E-state index in [-0.39, 0.29) is 12.1 Å². The third-order valence-electron chi connectivity index (χ3n) is 2.52. The molecule has 1 aliphatic rings. The maximum atomic E-state index is 11.4. The zero-order valence-electron chi connectivity index (χ0n) is 9.05. The molecule has 1 fully saturated rings. The molecule has 0 aliphatic carbocycles. The second-order valence-electron chi connectivity index (χ2n) is 3.80. The van der Waals surface area contributed by atoms with Crippen molar-refractivity contribution in [2.75, 3.05) is 13.2 Å². The summed E-state index contributed by atoms with van der Waals surface area (Å²) in [6.07, 6.45) is 3.24. The van der Waals surface area contributed by atoms with Crippen molar-refractivity contribution in [1.82, 2.24) is 4.98 Å². The predicted octanol–water partition coefficient (Wildman–Crippen LogP) is 1.80. The van der Waals surface area contributed by atoms with E-state index in [2.05, 4.69) is 4.98 Å². The molecule has 2 rings (SSSR count). The van der Waals surface area contributed by atoms with E-state index in [0.717, 1.165) is 25.1 Å². The van der Waals surface area contributed by atoms with Crippen LogP contribution >= 0.6 is 11.3 Å². The third kappa shape index (κ3) is 3.57. The van der Waals surface area contributed by atoms with Crippen LogP contribution in [0.25, 0.3) is 0 Å². The van der Waals surface area contributed by atoms with Gasteiger partial charge in [-0.2, -0.15) is 0 Å². The van der Waals surface area contributed by atoms with Crippen LogP contribution in [0.3, 0.4) is 0 Å². The Morgan fingerprint density at radius 2 is 2.62 bits per heavy atom. The van der Waals surface area contributed by atoms with Crippen LogP contribution in [0.2, 0.25) is 0 Å². The highest BCUT2D eigenvalue weighted by molar-refractivity contribution is 7.07. The minimum atomic E-state index is -0.163. The second-order valence-corrected chi connectivity index (χ2v) is 4.52. The lowest BCUT2D eigenvalue weighted by Crippen LogP contribution is -2.18. The number of hydrogen-bond donors (Lipinski definition) is 0. The Labute approximate surface area is 98.6 Å². The summed E-state index contributed by atoms with van der Waals surface area (Å²) in [4.78, 5) is 15.5. The molecule has 16 heavy (non-hydrogen) atoms. The molecular weight excluding hydrogens is 226 g/mol. The standard InChI is InChI=1S/C11H15NO3S/c13-11(4-3-9-7-16-8-12-9)15-6-10-2-1-5-14-10/h7-8,10H,1-6H2. The SMILES string of the molecule is O=C(CCc1cscn1)OCC1CCCO1. The number of aromatic nitrogens is 1. The molecule has 2 heterocycles. The Kier molecular flexibility index (Phi) is 4.30. The van der Waals surface area contributed by atoms with E-state index in [1.165, 1.54) is 0 Å². The van der Waals surface area contributed by atoms with Crippen LogP contribution in [-0.4, -0.2) is 30.3 Å². The number of hydrogen-bond acceptors (Lipinski definition) is 5. The van der Waals surface area contributed by atoms with Gasteiger partial charge in [-0.15, -0.1) is 11.3 Å². The maximum Gasteiger partial charge on any atom is 0.306 e. The number of carbonyl (C=O) groups is 1. The molecule has 1 atom stereocenters. The summed E-state index contributed by atoms with van der Waals surface area (Å²) in [6, 6.07) is 0. The van der Waals surface area contributed by atoms with Gasteiger partial charge in [0.25, 0.3) is 0 Å². The molecule has 0 bridgehead atoms. The van der Waals surface area contributed by atoms with Gasteiger partial charge >= 0.3 is 5.97 Å². The van der Waals surface area contributed by atoms with Gasteiger partial charge in [-0.25, -0.2) is 4.98 Å². The van der Waals surface area contributed by atoms with Gasteiger partial charge in [-0.05, 0) is 12.8 Å². The minimum absolute atomic E-state index is 0.114. The largest absolute Gasteiger partial charge is 0.463 e. The quantitative estimate of drug-likeness (QED) is 0.737. The molecule has 0 saturated carbocycles. The molecule has 1 aliphatic heterocycles. The first kappa shape index (κ1) is 11.5. The summed E-state index contributed by atoms with van der Waals surface area (Å²) in [5.41, 5.74) is 2.73. The third-order valence-corrected chi connectivity index (χ3v) is 3.16. The van der Waals surface area contributed by atoms with E-state index in [1.807, 2.05) is 5.38 Å². The Hall–Kier alpha value is -0.940. The molecule has 1 unspecified atom stereocenters. The van der Waals surface area contributed by atoms with E-state index in [1.54, 1.807) is 16.8 Å². The van der Waals surface area contributed by atoms with E-state index in [4.69, 9.17) is 9.47 Å². The lowest BCUT2D eigenvalue weighted by molar-refractivity contribution is -0.146. The van der Waals surface area contributed by atoms with Crippen molar-refractivity contribution in [3.8, 4) is 0 Å². The van der Waals surface area contributed by atoms with Crippen LogP contribution in [0, 0.1) is 0 Å². The van der Waals surface area contributed by atoms with Gasteiger partial charge in [-0.3, -0.25) is 4.79 Å². The molecule has 1 aromatic heterocycles. The molecule has 0 spiro atoms. The molecular formula is C11H15NO3S. The van der Waals surface area contributed by atoms with E-state index in [9.17, 15) is 4.79 Å². The van der Waals surface area contributed by atoms with Gasteiger partial charge in [0.2, 0.25) is 0 Å². The van der Waals surface area contributed by atoms with Gasteiger partial charge in [0.05, 0.1) is 23.7 Å². The summed E-state index contributed by atoms with van der Waals surface area (Å²) >= 11 is 1.54. The second kappa shape index (κ2) is 5.96. The molecule has 0 N–H and O–H groups in total. The molecule has 0 amide bonds. The van der Waals surface area contributed by atoms with Crippen molar-refractivity contribution in [3.05, 3.63) is 16.6 Å². The Morgan fingerprint density at radius 3 is 3.31 bits per heavy atom. The molecule has 0 radical (unpaired) electrons. The van der Waals surface area contributed by atoms with Crippen molar-refractivity contribution < 1.29 is 14.3 Å². The van der Waals surface area contributed by atoms with Crippen molar-refractivity contribution in [2.24, 2.45) is 0 Å². The molecule has 88 valence electrons. The van der Waals surface area contributed by atoms with Crippen molar-refractivity contribution in [2.45, 2.75) is 31.8 Å². The number of aryl methyl sites for hydroxylation is 1. The van der Waals surface area contributed by atoms with Gasteiger partial charge in [0.1, 0.15) is 6.61 Å². The number of rotatable bonds is 5. The van der Waals surface area contributed by atoms with E-state index in [0.29, 0.717) is 19.4 Å². The number of ether oxygens (including phenoxy) is 2.